The molecule has 0 bridgehead atoms. The molecule has 1 aliphatic heterocycles. The number of anilines is 3. The number of para-hydroxylation sites is 1. The Labute approximate surface area is 154 Å². The lowest BCUT2D eigenvalue weighted by Gasteiger charge is -2.29. The Kier molecular flexibility index (Phi) is 5.82. The minimum atomic E-state index is -0.364. The molecule has 1 heterocycles. The van der Waals surface area contributed by atoms with Gasteiger partial charge >= 0.3 is 0 Å². The van der Waals surface area contributed by atoms with Crippen LogP contribution in [0.4, 0.5) is 17.1 Å². The number of carbonyl (C=O) groups excluding carboxylic acids is 1. The predicted molar refractivity (Wildman–Crippen MR) is 106 cm³/mol. The van der Waals surface area contributed by atoms with Crippen molar-refractivity contribution in [3.05, 3.63) is 53.6 Å². The van der Waals surface area contributed by atoms with Crippen LogP contribution < -0.4 is 15.5 Å². The normalized spacial score (nSPS) is 15.5. The SMILES string of the molecule is C[C@@H](Nc1ccc(N2CCCCC2)cc1)C(=O)Nc1ccccc1Cl. The van der Waals surface area contributed by atoms with Crippen LogP contribution in [0.15, 0.2) is 48.5 Å². The van der Waals surface area contributed by atoms with Gasteiger partial charge in [0.15, 0.2) is 0 Å². The Hall–Kier alpha value is -2.20. The van der Waals surface area contributed by atoms with Crippen LogP contribution >= 0.6 is 11.6 Å². The van der Waals surface area contributed by atoms with E-state index in [0.717, 1.165) is 18.8 Å². The van der Waals surface area contributed by atoms with Crippen molar-refractivity contribution in [2.75, 3.05) is 28.6 Å². The number of hydrogen-bond donors (Lipinski definition) is 2. The van der Waals surface area contributed by atoms with Gasteiger partial charge in [-0.15, -0.1) is 0 Å². The third-order valence-corrected chi connectivity index (χ3v) is 4.83. The van der Waals surface area contributed by atoms with Crippen molar-refractivity contribution in [3.8, 4) is 0 Å². The second-order valence-electron chi connectivity index (χ2n) is 6.43. The highest BCUT2D eigenvalue weighted by Crippen LogP contribution is 2.23. The molecule has 2 N–H and O–H groups in total. The number of piperidine rings is 1. The van der Waals surface area contributed by atoms with Gasteiger partial charge in [0.2, 0.25) is 5.91 Å². The summed E-state index contributed by atoms with van der Waals surface area (Å²) < 4.78 is 0. The van der Waals surface area contributed by atoms with Crippen LogP contribution in [0.5, 0.6) is 0 Å². The number of benzene rings is 2. The number of amides is 1. The summed E-state index contributed by atoms with van der Waals surface area (Å²) in [4.78, 5) is 14.8. The topological polar surface area (TPSA) is 44.4 Å². The highest BCUT2D eigenvalue weighted by Gasteiger charge is 2.15. The number of halogens is 1. The molecule has 1 aliphatic rings. The van der Waals surface area contributed by atoms with Crippen LogP contribution in [0.1, 0.15) is 26.2 Å². The quantitative estimate of drug-likeness (QED) is 0.810. The van der Waals surface area contributed by atoms with Gasteiger partial charge in [-0.2, -0.15) is 0 Å². The molecule has 3 rings (SSSR count). The highest BCUT2D eigenvalue weighted by atomic mass is 35.5. The first-order valence-corrected chi connectivity index (χ1v) is 9.18. The molecular weight excluding hydrogens is 334 g/mol. The molecule has 1 amide bonds. The van der Waals surface area contributed by atoms with E-state index in [2.05, 4.69) is 27.7 Å². The first-order valence-electron chi connectivity index (χ1n) is 8.80. The van der Waals surface area contributed by atoms with E-state index in [1.807, 2.05) is 31.2 Å². The van der Waals surface area contributed by atoms with Gasteiger partial charge < -0.3 is 15.5 Å². The van der Waals surface area contributed by atoms with E-state index in [1.165, 1.54) is 24.9 Å². The molecule has 25 heavy (non-hydrogen) atoms. The number of rotatable bonds is 5. The molecule has 1 saturated heterocycles. The fraction of sp³-hybridized carbons (Fsp3) is 0.350. The maximum atomic E-state index is 12.3. The summed E-state index contributed by atoms with van der Waals surface area (Å²) in [5.74, 6) is -0.117. The van der Waals surface area contributed by atoms with E-state index < -0.39 is 0 Å². The average molecular weight is 358 g/mol. The van der Waals surface area contributed by atoms with Crippen molar-refractivity contribution in [1.82, 2.24) is 0 Å². The molecule has 0 spiro atoms. The van der Waals surface area contributed by atoms with Crippen LogP contribution in [0, 0.1) is 0 Å². The molecule has 0 saturated carbocycles. The predicted octanol–water partition coefficient (Wildman–Crippen LogP) is 4.77. The van der Waals surface area contributed by atoms with E-state index in [1.54, 1.807) is 12.1 Å². The summed E-state index contributed by atoms with van der Waals surface area (Å²) in [6.45, 7) is 4.09. The van der Waals surface area contributed by atoms with Crippen molar-refractivity contribution in [1.29, 1.82) is 0 Å². The van der Waals surface area contributed by atoms with Gasteiger partial charge in [-0.1, -0.05) is 23.7 Å². The molecule has 0 radical (unpaired) electrons. The molecule has 2 aromatic rings. The first kappa shape index (κ1) is 17.6. The molecular formula is C20H24ClN3O. The zero-order valence-electron chi connectivity index (χ0n) is 14.5. The van der Waals surface area contributed by atoms with Gasteiger partial charge in [-0.3, -0.25) is 4.79 Å². The lowest BCUT2D eigenvalue weighted by atomic mass is 10.1. The van der Waals surface area contributed by atoms with E-state index in [-0.39, 0.29) is 11.9 Å². The molecule has 0 aromatic heterocycles. The first-order chi connectivity index (χ1) is 12.1. The van der Waals surface area contributed by atoms with Crippen molar-refractivity contribution >= 4 is 34.6 Å². The van der Waals surface area contributed by atoms with Crippen LogP contribution in [0.25, 0.3) is 0 Å². The van der Waals surface area contributed by atoms with Crippen molar-refractivity contribution < 1.29 is 4.79 Å². The standard InChI is InChI=1S/C20H24ClN3O/c1-15(20(25)23-19-8-4-3-7-18(19)21)22-16-9-11-17(12-10-16)24-13-5-2-6-14-24/h3-4,7-12,15,22H,2,5-6,13-14H2,1H3,(H,23,25)/t15-/m1/s1. The average Bonchev–Trinajstić information content (AvgIpc) is 2.65. The van der Waals surface area contributed by atoms with Gasteiger partial charge in [-0.25, -0.2) is 0 Å². The molecule has 1 atom stereocenters. The number of hydrogen-bond acceptors (Lipinski definition) is 3. The van der Waals surface area contributed by atoms with Crippen molar-refractivity contribution in [3.63, 3.8) is 0 Å². The van der Waals surface area contributed by atoms with Crippen LogP contribution in [0.3, 0.4) is 0 Å². The third-order valence-electron chi connectivity index (χ3n) is 4.50. The fourth-order valence-electron chi connectivity index (χ4n) is 3.04. The third kappa shape index (κ3) is 4.67. The Morgan fingerprint density at radius 3 is 2.40 bits per heavy atom. The Balaban J connectivity index is 1.57. The largest absolute Gasteiger partial charge is 0.374 e. The molecule has 132 valence electrons. The Morgan fingerprint density at radius 1 is 1.04 bits per heavy atom. The summed E-state index contributed by atoms with van der Waals surface area (Å²) in [6.07, 6.45) is 3.85. The molecule has 2 aromatic carbocycles. The van der Waals surface area contributed by atoms with Crippen LogP contribution in [-0.2, 0) is 4.79 Å². The van der Waals surface area contributed by atoms with E-state index in [4.69, 9.17) is 11.6 Å². The Bertz CT molecular complexity index is 711. The van der Waals surface area contributed by atoms with Gasteiger partial charge in [-0.05, 0) is 62.6 Å². The maximum absolute atomic E-state index is 12.3. The second kappa shape index (κ2) is 8.26. The van der Waals surface area contributed by atoms with Gasteiger partial charge in [0, 0.05) is 24.5 Å². The Morgan fingerprint density at radius 2 is 1.72 bits per heavy atom. The number of nitrogens with one attached hydrogen (secondary N) is 2. The number of nitrogens with zero attached hydrogens (tertiary/aromatic N) is 1. The second-order valence-corrected chi connectivity index (χ2v) is 6.84. The minimum absolute atomic E-state index is 0.117. The van der Waals surface area contributed by atoms with Crippen molar-refractivity contribution in [2.45, 2.75) is 32.2 Å². The fourth-order valence-corrected chi connectivity index (χ4v) is 3.22. The maximum Gasteiger partial charge on any atom is 0.246 e. The molecule has 1 fully saturated rings. The summed E-state index contributed by atoms with van der Waals surface area (Å²) in [6, 6.07) is 15.2. The highest BCUT2D eigenvalue weighted by molar-refractivity contribution is 6.33. The minimum Gasteiger partial charge on any atom is -0.374 e. The van der Waals surface area contributed by atoms with Gasteiger partial charge in [0.1, 0.15) is 6.04 Å². The van der Waals surface area contributed by atoms with Crippen LogP contribution in [-0.4, -0.2) is 25.0 Å². The van der Waals surface area contributed by atoms with Crippen LogP contribution in [0.2, 0.25) is 5.02 Å². The summed E-state index contributed by atoms with van der Waals surface area (Å²) >= 11 is 6.08. The van der Waals surface area contributed by atoms with Gasteiger partial charge in [0.25, 0.3) is 0 Å². The zero-order valence-corrected chi connectivity index (χ0v) is 15.2. The lowest BCUT2D eigenvalue weighted by molar-refractivity contribution is -0.116. The van der Waals surface area contributed by atoms with Crippen molar-refractivity contribution in [2.24, 2.45) is 0 Å². The van der Waals surface area contributed by atoms with E-state index in [9.17, 15) is 4.79 Å². The lowest BCUT2D eigenvalue weighted by Crippen LogP contribution is -2.32. The van der Waals surface area contributed by atoms with E-state index >= 15 is 0 Å². The summed E-state index contributed by atoms with van der Waals surface area (Å²) in [5.41, 5.74) is 2.81. The molecule has 4 nitrogen and oxygen atoms in total. The monoisotopic (exact) mass is 357 g/mol. The smallest absolute Gasteiger partial charge is 0.246 e. The molecule has 0 unspecified atom stereocenters. The number of carbonyl (C=O) groups is 1. The van der Waals surface area contributed by atoms with Gasteiger partial charge in [0.05, 0.1) is 10.7 Å². The van der Waals surface area contributed by atoms with E-state index in [0.29, 0.717) is 10.7 Å². The summed E-state index contributed by atoms with van der Waals surface area (Å²) in [7, 11) is 0. The zero-order chi connectivity index (χ0) is 17.6. The molecule has 0 aliphatic carbocycles. The molecule has 5 heteroatoms. The summed E-state index contributed by atoms with van der Waals surface area (Å²) in [5, 5.41) is 6.63.